The normalized spacial score (nSPS) is 19.0. The summed E-state index contributed by atoms with van der Waals surface area (Å²) in [4.78, 5) is 27.5. The van der Waals surface area contributed by atoms with E-state index < -0.39 is 0 Å². The number of halogens is 1. The van der Waals surface area contributed by atoms with Gasteiger partial charge in [0.15, 0.2) is 0 Å². The molecular weight excluding hydrogens is 297 g/mol. The number of anilines is 2. The van der Waals surface area contributed by atoms with Gasteiger partial charge < -0.3 is 10.6 Å². The van der Waals surface area contributed by atoms with Gasteiger partial charge in [-0.05, 0) is 36.1 Å². The minimum atomic E-state index is -0.286. The number of hydrogen-bond acceptors (Lipinski definition) is 3. The monoisotopic (exact) mass is 313 g/mol. The third-order valence-corrected chi connectivity index (χ3v) is 3.82. The van der Waals surface area contributed by atoms with E-state index >= 15 is 0 Å². The van der Waals surface area contributed by atoms with Crippen molar-refractivity contribution in [2.45, 2.75) is 19.3 Å². The molecule has 2 amide bonds. The number of amides is 2. The molecule has 2 atom stereocenters. The van der Waals surface area contributed by atoms with Crippen molar-refractivity contribution in [3.63, 3.8) is 0 Å². The van der Waals surface area contributed by atoms with Crippen LogP contribution in [0.1, 0.15) is 24.8 Å². The van der Waals surface area contributed by atoms with Gasteiger partial charge in [0, 0.05) is 19.0 Å². The molecule has 0 radical (unpaired) electrons. The largest absolute Gasteiger partial charge is 0.324 e. The zero-order chi connectivity index (χ0) is 16.4. The molecule has 1 saturated carbocycles. The Labute approximate surface area is 132 Å². The molecule has 3 rings (SSSR count). The van der Waals surface area contributed by atoms with Gasteiger partial charge in [0.2, 0.25) is 11.8 Å². The fraction of sp³-hybridized carbons (Fsp3) is 0.235. The van der Waals surface area contributed by atoms with E-state index in [1.807, 2.05) is 0 Å². The Morgan fingerprint density at radius 2 is 1.87 bits per heavy atom. The number of hydrogen-bond donors (Lipinski definition) is 2. The van der Waals surface area contributed by atoms with E-state index in [1.54, 1.807) is 24.4 Å². The molecule has 0 bridgehead atoms. The highest BCUT2D eigenvalue weighted by molar-refractivity contribution is 6.00. The molecular formula is C17H16FN3O2. The zero-order valence-electron chi connectivity index (χ0n) is 12.5. The average Bonchev–Trinajstić information content (AvgIpc) is 3.30. The minimum Gasteiger partial charge on any atom is -0.324 e. The number of aromatic nitrogens is 1. The Bertz CT molecular complexity index is 746. The van der Waals surface area contributed by atoms with Gasteiger partial charge in [0.25, 0.3) is 0 Å². The number of nitrogens with zero attached hydrogens (tertiary/aromatic N) is 1. The van der Waals surface area contributed by atoms with Crippen molar-refractivity contribution in [1.82, 2.24) is 4.98 Å². The van der Waals surface area contributed by atoms with Crippen LogP contribution in [0.2, 0.25) is 0 Å². The first-order valence-electron chi connectivity index (χ1n) is 7.32. The average molecular weight is 313 g/mol. The summed E-state index contributed by atoms with van der Waals surface area (Å²) in [5.41, 5.74) is 1.94. The first kappa shape index (κ1) is 15.1. The van der Waals surface area contributed by atoms with Gasteiger partial charge in [-0.15, -0.1) is 0 Å². The van der Waals surface area contributed by atoms with Crippen LogP contribution in [-0.2, 0) is 9.59 Å². The number of carbonyl (C=O) groups is 2. The van der Waals surface area contributed by atoms with E-state index in [0.29, 0.717) is 11.4 Å². The first-order valence-corrected chi connectivity index (χ1v) is 7.32. The number of nitrogens with one attached hydrogen (secondary N) is 2. The summed E-state index contributed by atoms with van der Waals surface area (Å²) in [5.74, 6) is -0.672. The van der Waals surface area contributed by atoms with Gasteiger partial charge in [0.05, 0.1) is 17.6 Å². The van der Waals surface area contributed by atoms with Crippen molar-refractivity contribution in [3.8, 4) is 0 Å². The van der Waals surface area contributed by atoms with Crippen molar-refractivity contribution in [3.05, 3.63) is 54.1 Å². The van der Waals surface area contributed by atoms with Gasteiger partial charge in [-0.3, -0.25) is 14.6 Å². The highest BCUT2D eigenvalue weighted by Crippen LogP contribution is 2.48. The SMILES string of the molecule is CC(=O)Nc1ccncc1NC(=O)[C@@H]1C[C@H]1c1ccc(F)cc1. The molecule has 2 N–H and O–H groups in total. The summed E-state index contributed by atoms with van der Waals surface area (Å²) in [6.07, 6.45) is 3.77. The van der Waals surface area contributed by atoms with Gasteiger partial charge in [-0.25, -0.2) is 4.39 Å². The van der Waals surface area contributed by atoms with Gasteiger partial charge in [-0.1, -0.05) is 12.1 Å². The standard InChI is InChI=1S/C17H16FN3O2/c1-10(22)20-15-6-7-19-9-16(15)21-17(23)14-8-13(14)11-2-4-12(18)5-3-11/h2-7,9,13-14H,8H2,1H3,(H,21,23)(H,19,20,22)/t13-,14+/m0/s1. The van der Waals surface area contributed by atoms with Crippen LogP contribution in [0.15, 0.2) is 42.7 Å². The molecule has 1 aromatic carbocycles. The topological polar surface area (TPSA) is 71.1 Å². The fourth-order valence-corrected chi connectivity index (χ4v) is 2.58. The number of benzene rings is 1. The molecule has 0 unspecified atom stereocenters. The molecule has 1 heterocycles. The highest BCUT2D eigenvalue weighted by atomic mass is 19.1. The molecule has 5 nitrogen and oxygen atoms in total. The number of carbonyl (C=O) groups excluding carboxylic acids is 2. The van der Waals surface area contributed by atoms with Crippen LogP contribution < -0.4 is 10.6 Å². The molecule has 1 fully saturated rings. The highest BCUT2D eigenvalue weighted by Gasteiger charge is 2.44. The van der Waals surface area contributed by atoms with E-state index in [9.17, 15) is 14.0 Å². The summed E-state index contributed by atoms with van der Waals surface area (Å²) in [6, 6.07) is 7.85. The lowest BCUT2D eigenvalue weighted by molar-refractivity contribution is -0.117. The van der Waals surface area contributed by atoms with Gasteiger partial charge >= 0.3 is 0 Å². The molecule has 118 valence electrons. The summed E-state index contributed by atoms with van der Waals surface area (Å²) in [6.45, 7) is 1.40. The number of pyridine rings is 1. The Morgan fingerprint density at radius 1 is 1.13 bits per heavy atom. The predicted molar refractivity (Wildman–Crippen MR) is 84.4 cm³/mol. The summed E-state index contributed by atoms with van der Waals surface area (Å²) >= 11 is 0. The second-order valence-electron chi connectivity index (χ2n) is 5.59. The first-order chi connectivity index (χ1) is 11.0. The van der Waals surface area contributed by atoms with Crippen molar-refractivity contribution >= 4 is 23.2 Å². The van der Waals surface area contributed by atoms with Crippen LogP contribution in [0.5, 0.6) is 0 Å². The Kier molecular flexibility index (Phi) is 4.06. The Morgan fingerprint density at radius 3 is 2.57 bits per heavy atom. The smallest absolute Gasteiger partial charge is 0.228 e. The maximum atomic E-state index is 12.9. The maximum Gasteiger partial charge on any atom is 0.228 e. The second kappa shape index (κ2) is 6.16. The molecule has 1 aromatic heterocycles. The molecule has 2 aromatic rings. The zero-order valence-corrected chi connectivity index (χ0v) is 12.5. The molecule has 1 aliphatic rings. The summed E-state index contributed by atoms with van der Waals surface area (Å²) in [7, 11) is 0. The van der Waals surface area contributed by atoms with Crippen molar-refractivity contribution < 1.29 is 14.0 Å². The lowest BCUT2D eigenvalue weighted by atomic mass is 10.1. The van der Waals surface area contributed by atoms with Crippen LogP contribution >= 0.6 is 0 Å². The third kappa shape index (κ3) is 3.53. The second-order valence-corrected chi connectivity index (χ2v) is 5.59. The van der Waals surface area contributed by atoms with Gasteiger partial charge in [-0.2, -0.15) is 0 Å². The molecule has 1 aliphatic carbocycles. The molecule has 6 heteroatoms. The Hall–Kier alpha value is -2.76. The quantitative estimate of drug-likeness (QED) is 0.911. The molecule has 0 aliphatic heterocycles. The number of rotatable bonds is 4. The van der Waals surface area contributed by atoms with E-state index in [4.69, 9.17) is 0 Å². The maximum absolute atomic E-state index is 12.9. The van der Waals surface area contributed by atoms with E-state index in [1.165, 1.54) is 25.3 Å². The summed E-state index contributed by atoms with van der Waals surface area (Å²) in [5, 5.41) is 5.45. The van der Waals surface area contributed by atoms with Crippen LogP contribution in [0.25, 0.3) is 0 Å². The third-order valence-electron chi connectivity index (χ3n) is 3.82. The lowest BCUT2D eigenvalue weighted by Gasteiger charge is -2.10. The van der Waals surface area contributed by atoms with Crippen molar-refractivity contribution in [2.75, 3.05) is 10.6 Å². The minimum absolute atomic E-state index is 0.108. The van der Waals surface area contributed by atoms with Crippen molar-refractivity contribution in [1.29, 1.82) is 0 Å². The van der Waals surface area contributed by atoms with E-state index in [2.05, 4.69) is 15.6 Å². The Balaban J connectivity index is 1.67. The van der Waals surface area contributed by atoms with Crippen LogP contribution in [0, 0.1) is 11.7 Å². The molecule has 0 saturated heterocycles. The summed E-state index contributed by atoms with van der Waals surface area (Å²) < 4.78 is 12.9. The lowest BCUT2D eigenvalue weighted by Crippen LogP contribution is -2.17. The van der Waals surface area contributed by atoms with Crippen LogP contribution in [-0.4, -0.2) is 16.8 Å². The van der Waals surface area contributed by atoms with Crippen LogP contribution in [0.3, 0.4) is 0 Å². The molecule has 23 heavy (non-hydrogen) atoms. The van der Waals surface area contributed by atoms with E-state index in [-0.39, 0.29) is 29.5 Å². The van der Waals surface area contributed by atoms with E-state index in [0.717, 1.165) is 12.0 Å². The van der Waals surface area contributed by atoms with Gasteiger partial charge in [0.1, 0.15) is 5.82 Å². The molecule has 0 spiro atoms. The fourth-order valence-electron chi connectivity index (χ4n) is 2.58. The van der Waals surface area contributed by atoms with Crippen molar-refractivity contribution in [2.24, 2.45) is 5.92 Å². The predicted octanol–water partition coefficient (Wildman–Crippen LogP) is 2.92. The van der Waals surface area contributed by atoms with Crippen LogP contribution in [0.4, 0.5) is 15.8 Å².